The van der Waals surface area contributed by atoms with Crippen LogP contribution in [0.5, 0.6) is 5.75 Å². The Balaban J connectivity index is 2.69. The summed E-state index contributed by atoms with van der Waals surface area (Å²) in [6.45, 7) is 0. The van der Waals surface area contributed by atoms with Crippen LogP contribution in [0.1, 0.15) is 12.8 Å². The zero-order chi connectivity index (χ0) is 17.4. The molecule has 23 heavy (non-hydrogen) atoms. The predicted molar refractivity (Wildman–Crippen MR) is 85.3 cm³/mol. The first-order valence-corrected chi connectivity index (χ1v) is 6.78. The third-order valence-electron chi connectivity index (χ3n) is 2.68. The fourth-order valence-electron chi connectivity index (χ4n) is 1.57. The van der Waals surface area contributed by atoms with Gasteiger partial charge in [-0.1, -0.05) is 0 Å². The fraction of sp³-hybridized carbons (Fsp3) is 0.308. The zero-order valence-corrected chi connectivity index (χ0v) is 13.3. The van der Waals surface area contributed by atoms with Crippen LogP contribution in [-0.4, -0.2) is 36.1 Å². The average Bonchev–Trinajstić information content (AvgIpc) is 2.52. The number of hydrogen-bond donors (Lipinski definition) is 2. The summed E-state index contributed by atoms with van der Waals surface area (Å²) in [6.07, 6.45) is -0.175. The van der Waals surface area contributed by atoms with Gasteiger partial charge in [0.1, 0.15) is 5.75 Å². The van der Waals surface area contributed by atoms with Crippen molar-refractivity contribution < 1.29 is 24.0 Å². The second-order valence-electron chi connectivity index (χ2n) is 4.22. The van der Waals surface area contributed by atoms with Gasteiger partial charge in [0.2, 0.25) is 5.91 Å². The Kier molecular flexibility index (Phi) is 6.87. The Bertz CT molecular complexity index is 634. The van der Waals surface area contributed by atoms with Crippen LogP contribution in [0.15, 0.2) is 18.2 Å². The van der Waals surface area contributed by atoms with Crippen LogP contribution in [-0.2, 0) is 14.3 Å². The van der Waals surface area contributed by atoms with Gasteiger partial charge in [0.15, 0.2) is 5.11 Å². The second-order valence-corrected chi connectivity index (χ2v) is 4.63. The molecule has 0 aliphatic carbocycles. The summed E-state index contributed by atoms with van der Waals surface area (Å²) < 4.78 is 9.48. The Hall–Kier alpha value is -2.75. The number of rotatable bonds is 6. The smallest absolute Gasteiger partial charge is 0.306 e. The summed E-state index contributed by atoms with van der Waals surface area (Å²) in [7, 11) is 2.62. The number of nitrogens with one attached hydrogen (secondary N) is 2. The second kappa shape index (κ2) is 8.63. The first-order chi connectivity index (χ1) is 10.9. The van der Waals surface area contributed by atoms with E-state index in [-0.39, 0.29) is 29.3 Å². The first-order valence-electron chi connectivity index (χ1n) is 6.37. The lowest BCUT2D eigenvalue weighted by Crippen LogP contribution is -2.34. The number of nitro benzene ring substituents is 1. The first kappa shape index (κ1) is 18.3. The highest BCUT2D eigenvalue weighted by Gasteiger charge is 2.14. The molecule has 0 bridgehead atoms. The molecule has 0 atom stereocenters. The predicted octanol–water partition coefficient (Wildman–Crippen LogP) is 1.37. The highest BCUT2D eigenvalue weighted by molar-refractivity contribution is 7.80. The van der Waals surface area contributed by atoms with Gasteiger partial charge in [0.05, 0.1) is 31.3 Å². The number of thiocarbonyl (C=S) groups is 1. The van der Waals surface area contributed by atoms with E-state index in [0.717, 1.165) is 0 Å². The molecule has 1 aromatic carbocycles. The van der Waals surface area contributed by atoms with Crippen molar-refractivity contribution in [1.29, 1.82) is 0 Å². The Morgan fingerprint density at radius 3 is 2.57 bits per heavy atom. The van der Waals surface area contributed by atoms with Crippen molar-refractivity contribution >= 4 is 40.6 Å². The van der Waals surface area contributed by atoms with Crippen LogP contribution in [0.3, 0.4) is 0 Å². The number of esters is 1. The molecule has 1 rings (SSSR count). The molecule has 2 N–H and O–H groups in total. The van der Waals surface area contributed by atoms with E-state index in [2.05, 4.69) is 15.4 Å². The van der Waals surface area contributed by atoms with Crippen LogP contribution in [0.4, 0.5) is 11.4 Å². The molecular weight excluding hydrogens is 326 g/mol. The number of ether oxygens (including phenoxy) is 2. The molecular formula is C13H15N3O6S. The molecule has 10 heteroatoms. The Morgan fingerprint density at radius 1 is 1.30 bits per heavy atom. The number of carbonyl (C=O) groups is 2. The van der Waals surface area contributed by atoms with Crippen molar-refractivity contribution in [2.45, 2.75) is 12.8 Å². The molecule has 124 valence electrons. The number of hydrogen-bond acceptors (Lipinski definition) is 7. The molecule has 0 aliphatic heterocycles. The molecule has 0 spiro atoms. The number of non-ortho nitro benzene ring substituents is 1. The van der Waals surface area contributed by atoms with Gasteiger partial charge in [-0.25, -0.2) is 0 Å². The summed E-state index contributed by atoms with van der Waals surface area (Å²) in [5.41, 5.74) is 0.0769. The van der Waals surface area contributed by atoms with Gasteiger partial charge < -0.3 is 20.1 Å². The number of anilines is 1. The number of nitro groups is 1. The van der Waals surface area contributed by atoms with E-state index < -0.39 is 16.8 Å². The van der Waals surface area contributed by atoms with Crippen molar-refractivity contribution in [2.24, 2.45) is 0 Å². The quantitative estimate of drug-likeness (QED) is 0.344. The standard InChI is InChI=1S/C13H15N3O6S/c1-21-10-4-3-8(16(19)20)7-9(10)14-13(23)15-11(17)5-6-12(18)22-2/h3-4,7H,5-6H2,1-2H3,(H2,14,15,17,23). The molecule has 9 nitrogen and oxygen atoms in total. The maximum atomic E-state index is 11.6. The van der Waals surface area contributed by atoms with Crippen LogP contribution in [0.2, 0.25) is 0 Å². The van der Waals surface area contributed by atoms with E-state index in [4.69, 9.17) is 17.0 Å². The number of benzene rings is 1. The molecule has 0 aromatic heterocycles. The highest BCUT2D eigenvalue weighted by Crippen LogP contribution is 2.28. The Morgan fingerprint density at radius 2 is 2.00 bits per heavy atom. The van der Waals surface area contributed by atoms with Crippen molar-refractivity contribution in [3.05, 3.63) is 28.3 Å². The van der Waals surface area contributed by atoms with E-state index in [1.54, 1.807) is 0 Å². The molecule has 0 fully saturated rings. The Labute approximate surface area is 137 Å². The lowest BCUT2D eigenvalue weighted by molar-refractivity contribution is -0.384. The number of methoxy groups -OCH3 is 2. The van der Waals surface area contributed by atoms with E-state index in [1.807, 2.05) is 0 Å². The number of carbonyl (C=O) groups excluding carboxylic acids is 2. The lowest BCUT2D eigenvalue weighted by Gasteiger charge is -2.12. The third-order valence-corrected chi connectivity index (χ3v) is 2.88. The fourth-order valence-corrected chi connectivity index (χ4v) is 1.79. The lowest BCUT2D eigenvalue weighted by atomic mass is 10.2. The van der Waals surface area contributed by atoms with Crippen molar-refractivity contribution in [2.75, 3.05) is 19.5 Å². The van der Waals surface area contributed by atoms with Crippen LogP contribution in [0, 0.1) is 10.1 Å². The van der Waals surface area contributed by atoms with E-state index in [1.165, 1.54) is 32.4 Å². The number of amides is 1. The monoisotopic (exact) mass is 341 g/mol. The van der Waals surface area contributed by atoms with Crippen LogP contribution in [0.25, 0.3) is 0 Å². The van der Waals surface area contributed by atoms with Gasteiger partial charge in [0.25, 0.3) is 5.69 Å². The van der Waals surface area contributed by atoms with Gasteiger partial charge in [-0.2, -0.15) is 0 Å². The minimum Gasteiger partial charge on any atom is -0.495 e. The summed E-state index contributed by atoms with van der Waals surface area (Å²) in [6, 6.07) is 3.91. The molecule has 1 aromatic rings. The minimum absolute atomic E-state index is 0.0707. The summed E-state index contributed by atoms with van der Waals surface area (Å²) in [5, 5.41) is 15.7. The summed E-state index contributed by atoms with van der Waals surface area (Å²) in [5.74, 6) is -0.682. The van der Waals surface area contributed by atoms with Gasteiger partial charge in [0, 0.05) is 18.6 Å². The van der Waals surface area contributed by atoms with Gasteiger partial charge in [-0.05, 0) is 18.3 Å². The highest BCUT2D eigenvalue weighted by atomic mass is 32.1. The van der Waals surface area contributed by atoms with Crippen LogP contribution < -0.4 is 15.4 Å². The van der Waals surface area contributed by atoms with Crippen molar-refractivity contribution in [3.8, 4) is 5.75 Å². The molecule has 0 heterocycles. The number of nitrogens with zero attached hydrogens (tertiary/aromatic N) is 1. The molecule has 1 amide bonds. The van der Waals surface area contributed by atoms with E-state index in [9.17, 15) is 19.7 Å². The van der Waals surface area contributed by atoms with E-state index in [0.29, 0.717) is 5.75 Å². The maximum absolute atomic E-state index is 11.6. The molecule has 0 unspecified atom stereocenters. The van der Waals surface area contributed by atoms with Gasteiger partial charge in [-0.15, -0.1) is 0 Å². The largest absolute Gasteiger partial charge is 0.495 e. The van der Waals surface area contributed by atoms with Crippen molar-refractivity contribution in [3.63, 3.8) is 0 Å². The van der Waals surface area contributed by atoms with E-state index >= 15 is 0 Å². The zero-order valence-electron chi connectivity index (χ0n) is 12.5. The normalized spacial score (nSPS) is 9.65. The van der Waals surface area contributed by atoms with Gasteiger partial charge in [-0.3, -0.25) is 19.7 Å². The SMILES string of the molecule is COC(=O)CCC(=O)NC(=S)Nc1cc([N+](=O)[O-])ccc1OC. The van der Waals surface area contributed by atoms with Crippen LogP contribution >= 0.6 is 12.2 Å². The summed E-state index contributed by atoms with van der Waals surface area (Å²) in [4.78, 5) is 32.8. The topological polar surface area (TPSA) is 120 Å². The van der Waals surface area contributed by atoms with Gasteiger partial charge >= 0.3 is 5.97 Å². The van der Waals surface area contributed by atoms with Crippen molar-refractivity contribution in [1.82, 2.24) is 5.32 Å². The summed E-state index contributed by atoms with van der Waals surface area (Å²) >= 11 is 4.95. The minimum atomic E-state index is -0.567. The molecule has 0 aliphatic rings. The average molecular weight is 341 g/mol. The molecule has 0 saturated carbocycles. The maximum Gasteiger partial charge on any atom is 0.306 e. The molecule has 0 radical (unpaired) electrons. The molecule has 0 saturated heterocycles. The third kappa shape index (κ3) is 5.87.